The number of nitrogens with zero attached hydrogens (tertiary/aromatic N) is 3. The van der Waals surface area contributed by atoms with Crippen LogP contribution in [0.2, 0.25) is 5.28 Å². The second-order valence-corrected chi connectivity index (χ2v) is 3.18. The Labute approximate surface area is 85.1 Å². The number of aromatic nitrogens is 3. The summed E-state index contributed by atoms with van der Waals surface area (Å²) in [6.07, 6.45) is 1.53. The monoisotopic (exact) mass is 211 g/mol. The SMILES string of the molecule is Fc1ccc(Cn2cnc(Cl)n2)cc1. The highest BCUT2D eigenvalue weighted by molar-refractivity contribution is 6.28. The molecule has 72 valence electrons. The number of hydrogen-bond acceptors (Lipinski definition) is 2. The van der Waals surface area contributed by atoms with Gasteiger partial charge in [0, 0.05) is 0 Å². The van der Waals surface area contributed by atoms with E-state index in [2.05, 4.69) is 10.1 Å². The first-order chi connectivity index (χ1) is 6.74. The molecule has 0 amide bonds. The van der Waals surface area contributed by atoms with Crippen molar-refractivity contribution in [3.8, 4) is 0 Å². The van der Waals surface area contributed by atoms with E-state index in [-0.39, 0.29) is 11.1 Å². The van der Waals surface area contributed by atoms with Gasteiger partial charge in [-0.15, -0.1) is 5.10 Å². The molecular formula is C9H7ClFN3. The summed E-state index contributed by atoms with van der Waals surface area (Å²) in [6.45, 7) is 0.542. The van der Waals surface area contributed by atoms with Gasteiger partial charge in [-0.3, -0.25) is 0 Å². The topological polar surface area (TPSA) is 30.7 Å². The van der Waals surface area contributed by atoms with Gasteiger partial charge < -0.3 is 0 Å². The number of halogens is 2. The van der Waals surface area contributed by atoms with Crippen LogP contribution in [0.5, 0.6) is 0 Å². The number of rotatable bonds is 2. The van der Waals surface area contributed by atoms with Crippen LogP contribution in [0.15, 0.2) is 30.6 Å². The van der Waals surface area contributed by atoms with E-state index in [1.165, 1.54) is 18.5 Å². The second-order valence-electron chi connectivity index (χ2n) is 2.84. The second kappa shape index (κ2) is 3.75. The van der Waals surface area contributed by atoms with Crippen molar-refractivity contribution in [3.63, 3.8) is 0 Å². The molecule has 2 rings (SSSR count). The zero-order valence-electron chi connectivity index (χ0n) is 7.19. The maximum absolute atomic E-state index is 12.6. The quantitative estimate of drug-likeness (QED) is 0.762. The smallest absolute Gasteiger partial charge is 0.242 e. The van der Waals surface area contributed by atoms with Crippen molar-refractivity contribution < 1.29 is 4.39 Å². The third kappa shape index (κ3) is 2.09. The van der Waals surface area contributed by atoms with E-state index < -0.39 is 0 Å². The highest BCUT2D eigenvalue weighted by atomic mass is 35.5. The fraction of sp³-hybridized carbons (Fsp3) is 0.111. The van der Waals surface area contributed by atoms with Gasteiger partial charge in [0.05, 0.1) is 6.54 Å². The Hall–Kier alpha value is -1.42. The van der Waals surface area contributed by atoms with Crippen molar-refractivity contribution in [1.29, 1.82) is 0 Å². The summed E-state index contributed by atoms with van der Waals surface area (Å²) >= 11 is 5.55. The fourth-order valence-electron chi connectivity index (χ4n) is 1.12. The Kier molecular flexibility index (Phi) is 2.45. The molecule has 0 radical (unpaired) electrons. The van der Waals surface area contributed by atoms with Crippen molar-refractivity contribution in [2.75, 3.05) is 0 Å². The van der Waals surface area contributed by atoms with E-state index in [9.17, 15) is 4.39 Å². The van der Waals surface area contributed by atoms with Crippen LogP contribution >= 0.6 is 11.6 Å². The van der Waals surface area contributed by atoms with Crippen molar-refractivity contribution in [1.82, 2.24) is 14.8 Å². The average Bonchev–Trinajstić information content (AvgIpc) is 2.56. The molecule has 0 aliphatic carbocycles. The van der Waals surface area contributed by atoms with E-state index in [1.807, 2.05) is 0 Å². The molecule has 1 aromatic heterocycles. The minimum absolute atomic E-state index is 0.215. The normalized spacial score (nSPS) is 10.4. The Morgan fingerprint density at radius 2 is 2.00 bits per heavy atom. The minimum atomic E-state index is -0.245. The van der Waals surface area contributed by atoms with E-state index in [1.54, 1.807) is 16.8 Å². The molecule has 3 nitrogen and oxygen atoms in total. The Balaban J connectivity index is 2.15. The molecule has 0 aliphatic heterocycles. The highest BCUT2D eigenvalue weighted by Crippen LogP contribution is 2.05. The average molecular weight is 212 g/mol. The lowest BCUT2D eigenvalue weighted by Crippen LogP contribution is -1.99. The first-order valence-electron chi connectivity index (χ1n) is 4.03. The molecule has 5 heteroatoms. The molecule has 2 aromatic rings. The van der Waals surface area contributed by atoms with Crippen LogP contribution in [0.25, 0.3) is 0 Å². The van der Waals surface area contributed by atoms with Crippen molar-refractivity contribution in [2.45, 2.75) is 6.54 Å². The van der Waals surface area contributed by atoms with Crippen molar-refractivity contribution in [3.05, 3.63) is 47.3 Å². The van der Waals surface area contributed by atoms with Gasteiger partial charge in [0.1, 0.15) is 12.1 Å². The molecule has 0 aliphatic rings. The molecule has 1 heterocycles. The standard InChI is InChI=1S/C9H7ClFN3/c10-9-12-6-14(13-9)5-7-1-3-8(11)4-2-7/h1-4,6H,5H2. The van der Waals surface area contributed by atoms with Gasteiger partial charge in [0.15, 0.2) is 0 Å². The fourth-order valence-corrected chi connectivity index (χ4v) is 1.27. The molecule has 0 atom stereocenters. The van der Waals surface area contributed by atoms with E-state index >= 15 is 0 Å². The van der Waals surface area contributed by atoms with Crippen LogP contribution < -0.4 is 0 Å². The molecule has 0 saturated carbocycles. The predicted molar refractivity (Wildman–Crippen MR) is 50.5 cm³/mol. The van der Waals surface area contributed by atoms with Gasteiger partial charge in [-0.2, -0.15) is 0 Å². The Morgan fingerprint density at radius 3 is 2.57 bits per heavy atom. The van der Waals surface area contributed by atoms with Crippen LogP contribution in [0, 0.1) is 5.82 Å². The molecular weight excluding hydrogens is 205 g/mol. The van der Waals surface area contributed by atoms with Gasteiger partial charge in [-0.05, 0) is 29.3 Å². The zero-order chi connectivity index (χ0) is 9.97. The summed E-state index contributed by atoms with van der Waals surface area (Å²) in [4.78, 5) is 3.77. The van der Waals surface area contributed by atoms with E-state index in [0.717, 1.165) is 5.56 Å². The summed E-state index contributed by atoms with van der Waals surface area (Å²) in [6, 6.07) is 6.22. The molecule has 1 aromatic carbocycles. The van der Waals surface area contributed by atoms with Crippen LogP contribution in [-0.4, -0.2) is 14.8 Å². The molecule has 14 heavy (non-hydrogen) atoms. The van der Waals surface area contributed by atoms with Crippen LogP contribution in [0.4, 0.5) is 4.39 Å². The number of hydrogen-bond donors (Lipinski definition) is 0. The third-order valence-corrected chi connectivity index (χ3v) is 1.94. The summed E-state index contributed by atoms with van der Waals surface area (Å²) in [5.41, 5.74) is 0.952. The van der Waals surface area contributed by atoms with Crippen LogP contribution in [-0.2, 0) is 6.54 Å². The largest absolute Gasteiger partial charge is 0.247 e. The molecule has 0 spiro atoms. The Bertz CT molecular complexity index is 424. The molecule has 0 saturated heterocycles. The first-order valence-corrected chi connectivity index (χ1v) is 4.41. The number of benzene rings is 1. The highest BCUT2D eigenvalue weighted by Gasteiger charge is 1.98. The lowest BCUT2D eigenvalue weighted by molar-refractivity contribution is 0.624. The van der Waals surface area contributed by atoms with Crippen molar-refractivity contribution >= 4 is 11.6 Å². The van der Waals surface area contributed by atoms with E-state index in [4.69, 9.17) is 11.6 Å². The molecule has 0 bridgehead atoms. The molecule has 0 N–H and O–H groups in total. The predicted octanol–water partition coefficient (Wildman–Crippen LogP) is 2.12. The maximum Gasteiger partial charge on any atom is 0.242 e. The van der Waals surface area contributed by atoms with Crippen LogP contribution in [0.1, 0.15) is 5.56 Å². The van der Waals surface area contributed by atoms with Crippen LogP contribution in [0.3, 0.4) is 0 Å². The zero-order valence-corrected chi connectivity index (χ0v) is 7.95. The lowest BCUT2D eigenvalue weighted by atomic mass is 10.2. The van der Waals surface area contributed by atoms with Gasteiger partial charge in [0.25, 0.3) is 0 Å². The minimum Gasteiger partial charge on any atom is -0.247 e. The van der Waals surface area contributed by atoms with Crippen molar-refractivity contribution in [2.24, 2.45) is 0 Å². The third-order valence-electron chi connectivity index (χ3n) is 1.77. The van der Waals surface area contributed by atoms with Gasteiger partial charge in [-0.25, -0.2) is 14.1 Å². The van der Waals surface area contributed by atoms with Gasteiger partial charge >= 0.3 is 0 Å². The summed E-state index contributed by atoms with van der Waals surface area (Å²) < 4.78 is 14.2. The van der Waals surface area contributed by atoms with Gasteiger partial charge in [-0.1, -0.05) is 12.1 Å². The first kappa shape index (κ1) is 9.15. The lowest BCUT2D eigenvalue weighted by Gasteiger charge is -1.99. The Morgan fingerprint density at radius 1 is 1.29 bits per heavy atom. The van der Waals surface area contributed by atoms with Gasteiger partial charge in [0.2, 0.25) is 5.28 Å². The summed E-state index contributed by atoms with van der Waals surface area (Å²) in [7, 11) is 0. The summed E-state index contributed by atoms with van der Waals surface area (Å²) in [5.74, 6) is -0.245. The molecule has 0 fully saturated rings. The maximum atomic E-state index is 12.6. The van der Waals surface area contributed by atoms with E-state index in [0.29, 0.717) is 6.54 Å². The summed E-state index contributed by atoms with van der Waals surface area (Å²) in [5, 5.41) is 4.12. The molecule has 0 unspecified atom stereocenters.